The van der Waals surface area contributed by atoms with Crippen LogP contribution in [0.25, 0.3) is 10.2 Å². The van der Waals surface area contributed by atoms with E-state index in [1.165, 1.54) is 6.07 Å². The maximum absolute atomic E-state index is 13.7. The molecule has 1 aliphatic heterocycles. The molecule has 7 nitrogen and oxygen atoms in total. The Bertz CT molecular complexity index is 1070. The van der Waals surface area contributed by atoms with Crippen molar-refractivity contribution < 1.29 is 19.0 Å². The summed E-state index contributed by atoms with van der Waals surface area (Å²) in [7, 11) is 0. The maximum atomic E-state index is 13.7. The highest BCUT2D eigenvalue weighted by atomic mass is 32.1. The summed E-state index contributed by atoms with van der Waals surface area (Å²) in [5.41, 5.74) is 1.11. The van der Waals surface area contributed by atoms with Gasteiger partial charge in [0.25, 0.3) is 0 Å². The van der Waals surface area contributed by atoms with Crippen LogP contribution in [0.15, 0.2) is 42.5 Å². The van der Waals surface area contributed by atoms with E-state index in [0.29, 0.717) is 25.4 Å². The number of amides is 1. The van der Waals surface area contributed by atoms with Crippen LogP contribution >= 0.6 is 11.3 Å². The molecule has 0 spiro atoms. The maximum Gasteiger partial charge on any atom is 0.238 e. The number of hydrogen-bond acceptors (Lipinski definition) is 7. The number of nitrogens with one attached hydrogen (secondary N) is 1. The normalized spacial score (nSPS) is 16.2. The van der Waals surface area contributed by atoms with Gasteiger partial charge in [-0.1, -0.05) is 12.1 Å². The lowest BCUT2D eigenvalue weighted by atomic mass is 10.2. The van der Waals surface area contributed by atoms with Gasteiger partial charge in [-0.2, -0.15) is 0 Å². The fourth-order valence-electron chi connectivity index (χ4n) is 3.74. The summed E-state index contributed by atoms with van der Waals surface area (Å²) in [5, 5.41) is 14.0. The fourth-order valence-corrected chi connectivity index (χ4v) is 4.55. The van der Waals surface area contributed by atoms with Gasteiger partial charge in [-0.15, -0.1) is 11.3 Å². The number of β-amino-alcohol motifs (C(OH)–C–C–N with tert-alkyl or cyclic N) is 1. The standard InChI is InChI=1S/C23H27FN4O3S/c1-16-25-21-12-18(6-7-22(21)32-16)31-15-17(29)13-27-8-10-28(11-9-27)14-23(30)26-20-5-3-2-4-19(20)24/h2-7,12,17,29H,8-11,13-15H2,1H3,(H,26,30)/t17-/m1/s1. The molecular formula is C23H27FN4O3S. The number of thiazole rings is 1. The van der Waals surface area contributed by atoms with Crippen LogP contribution in [-0.4, -0.2) is 77.8 Å². The number of carbonyl (C=O) groups excluding carboxylic acids is 1. The van der Waals surface area contributed by atoms with Crippen LogP contribution in [0.1, 0.15) is 5.01 Å². The van der Waals surface area contributed by atoms with Gasteiger partial charge in [0, 0.05) is 38.8 Å². The molecule has 3 aromatic rings. The summed E-state index contributed by atoms with van der Waals surface area (Å²) in [6.07, 6.45) is -0.612. The van der Waals surface area contributed by atoms with Crippen LogP contribution in [0.3, 0.4) is 0 Å². The zero-order valence-electron chi connectivity index (χ0n) is 18.0. The Morgan fingerprint density at radius 1 is 1.22 bits per heavy atom. The molecule has 1 aromatic heterocycles. The minimum absolute atomic E-state index is 0.198. The molecule has 9 heteroatoms. The minimum Gasteiger partial charge on any atom is -0.491 e. The zero-order chi connectivity index (χ0) is 22.5. The predicted octanol–water partition coefficient (Wildman–Crippen LogP) is 2.74. The molecule has 2 aromatic carbocycles. The van der Waals surface area contributed by atoms with Gasteiger partial charge in [-0.05, 0) is 31.2 Å². The molecule has 4 rings (SSSR count). The van der Waals surface area contributed by atoms with Crippen molar-refractivity contribution in [3.8, 4) is 5.75 Å². The third-order valence-electron chi connectivity index (χ3n) is 5.36. The molecule has 170 valence electrons. The summed E-state index contributed by atoms with van der Waals surface area (Å²) < 4.78 is 20.6. The van der Waals surface area contributed by atoms with Gasteiger partial charge in [0.2, 0.25) is 5.91 Å². The van der Waals surface area contributed by atoms with Gasteiger partial charge in [0.15, 0.2) is 0 Å². The lowest BCUT2D eigenvalue weighted by Crippen LogP contribution is -2.50. The topological polar surface area (TPSA) is 77.9 Å². The highest BCUT2D eigenvalue weighted by Crippen LogP contribution is 2.25. The second-order valence-electron chi connectivity index (χ2n) is 7.93. The van der Waals surface area contributed by atoms with E-state index < -0.39 is 11.9 Å². The van der Waals surface area contributed by atoms with Gasteiger partial charge in [-0.25, -0.2) is 9.37 Å². The van der Waals surface area contributed by atoms with Gasteiger partial charge in [-0.3, -0.25) is 14.6 Å². The van der Waals surface area contributed by atoms with Crippen molar-refractivity contribution in [1.29, 1.82) is 0 Å². The largest absolute Gasteiger partial charge is 0.491 e. The number of halogens is 1. The van der Waals surface area contributed by atoms with Crippen molar-refractivity contribution in [1.82, 2.24) is 14.8 Å². The Morgan fingerprint density at radius 2 is 1.97 bits per heavy atom. The van der Waals surface area contributed by atoms with E-state index in [9.17, 15) is 14.3 Å². The molecule has 1 amide bonds. The number of fused-ring (bicyclic) bond motifs is 1. The lowest BCUT2D eigenvalue weighted by Gasteiger charge is -2.35. The average molecular weight is 459 g/mol. The first-order valence-electron chi connectivity index (χ1n) is 10.6. The van der Waals surface area contributed by atoms with Crippen molar-refractivity contribution in [2.75, 3.05) is 51.2 Å². The number of hydrogen-bond donors (Lipinski definition) is 2. The van der Waals surface area contributed by atoms with E-state index in [0.717, 1.165) is 28.3 Å². The molecule has 0 aliphatic carbocycles. The molecule has 32 heavy (non-hydrogen) atoms. The third-order valence-corrected chi connectivity index (χ3v) is 6.31. The predicted molar refractivity (Wildman–Crippen MR) is 124 cm³/mol. The Morgan fingerprint density at radius 3 is 2.75 bits per heavy atom. The number of aromatic nitrogens is 1. The number of piperazine rings is 1. The Labute approximate surface area is 190 Å². The highest BCUT2D eigenvalue weighted by molar-refractivity contribution is 7.18. The van der Waals surface area contributed by atoms with Gasteiger partial charge in [0.1, 0.15) is 24.3 Å². The summed E-state index contributed by atoms with van der Waals surface area (Å²) in [6, 6.07) is 11.9. The van der Waals surface area contributed by atoms with Gasteiger partial charge in [0.05, 0.1) is 27.5 Å². The number of rotatable bonds is 8. The summed E-state index contributed by atoms with van der Waals surface area (Å²) >= 11 is 1.64. The smallest absolute Gasteiger partial charge is 0.238 e. The van der Waals surface area contributed by atoms with E-state index >= 15 is 0 Å². The monoisotopic (exact) mass is 458 g/mol. The summed E-state index contributed by atoms with van der Waals surface area (Å²) in [4.78, 5) is 20.9. The summed E-state index contributed by atoms with van der Waals surface area (Å²) in [5.74, 6) is 0.0280. The molecule has 1 fully saturated rings. The molecule has 2 heterocycles. The second-order valence-corrected chi connectivity index (χ2v) is 9.17. The van der Waals surface area contributed by atoms with Crippen molar-refractivity contribution >= 4 is 33.1 Å². The van der Waals surface area contributed by atoms with Crippen LogP contribution in [0, 0.1) is 12.7 Å². The fraction of sp³-hybridized carbons (Fsp3) is 0.391. The molecule has 0 saturated carbocycles. The number of nitrogens with zero attached hydrogens (tertiary/aromatic N) is 3. The van der Waals surface area contributed by atoms with Crippen LogP contribution in [0.5, 0.6) is 5.75 Å². The molecule has 0 unspecified atom stereocenters. The van der Waals surface area contributed by atoms with E-state index in [1.807, 2.05) is 30.0 Å². The lowest BCUT2D eigenvalue weighted by molar-refractivity contribution is -0.117. The van der Waals surface area contributed by atoms with Crippen LogP contribution < -0.4 is 10.1 Å². The number of carbonyl (C=O) groups is 1. The van der Waals surface area contributed by atoms with Crippen molar-refractivity contribution in [3.63, 3.8) is 0 Å². The zero-order valence-corrected chi connectivity index (χ0v) is 18.8. The Kier molecular flexibility index (Phi) is 7.31. The van der Waals surface area contributed by atoms with Crippen molar-refractivity contribution in [3.05, 3.63) is 53.3 Å². The number of aliphatic hydroxyl groups excluding tert-OH is 1. The molecule has 0 bridgehead atoms. The van der Waals surface area contributed by atoms with Crippen LogP contribution in [-0.2, 0) is 4.79 Å². The Balaban J connectivity index is 1.17. The summed E-state index contributed by atoms with van der Waals surface area (Å²) in [6.45, 7) is 5.81. The van der Waals surface area contributed by atoms with E-state index in [-0.39, 0.29) is 24.7 Å². The highest BCUT2D eigenvalue weighted by Gasteiger charge is 2.21. The number of para-hydroxylation sites is 1. The number of aryl methyl sites for hydroxylation is 1. The van der Waals surface area contributed by atoms with Crippen molar-refractivity contribution in [2.24, 2.45) is 0 Å². The first-order valence-corrected chi connectivity index (χ1v) is 11.4. The first-order chi connectivity index (χ1) is 15.5. The quantitative estimate of drug-likeness (QED) is 0.541. The SMILES string of the molecule is Cc1nc2cc(OC[C@H](O)CN3CCN(CC(=O)Nc4ccccc4F)CC3)ccc2s1. The van der Waals surface area contributed by atoms with E-state index in [1.54, 1.807) is 29.5 Å². The number of anilines is 1. The van der Waals surface area contributed by atoms with E-state index in [2.05, 4.69) is 15.2 Å². The first kappa shape index (κ1) is 22.6. The number of ether oxygens (including phenoxy) is 1. The minimum atomic E-state index is -0.612. The molecule has 0 radical (unpaired) electrons. The van der Waals surface area contributed by atoms with Crippen molar-refractivity contribution in [2.45, 2.75) is 13.0 Å². The molecule has 1 aliphatic rings. The molecular weight excluding hydrogens is 431 g/mol. The molecule has 1 atom stereocenters. The van der Waals surface area contributed by atoms with Gasteiger partial charge >= 0.3 is 0 Å². The average Bonchev–Trinajstić information content (AvgIpc) is 3.14. The van der Waals surface area contributed by atoms with Crippen LogP contribution in [0.4, 0.5) is 10.1 Å². The Hall–Kier alpha value is -2.59. The molecule has 2 N–H and O–H groups in total. The number of benzene rings is 2. The second kappa shape index (κ2) is 10.4. The third kappa shape index (κ3) is 6.01. The molecule has 1 saturated heterocycles. The number of aliphatic hydroxyl groups is 1. The van der Waals surface area contributed by atoms with Crippen LogP contribution in [0.2, 0.25) is 0 Å². The van der Waals surface area contributed by atoms with E-state index in [4.69, 9.17) is 4.74 Å². The van der Waals surface area contributed by atoms with Gasteiger partial charge < -0.3 is 15.2 Å².